The average Bonchev–Trinajstić information content (AvgIpc) is 3.53. The Morgan fingerprint density at radius 3 is 2.68 bits per heavy atom. The summed E-state index contributed by atoms with van der Waals surface area (Å²) in [6, 6.07) is 9.53. The van der Waals surface area contributed by atoms with Crippen molar-refractivity contribution in [1.29, 1.82) is 0 Å². The molecule has 196 valence electrons. The molecule has 6 rings (SSSR count). The molecule has 2 saturated heterocycles. The van der Waals surface area contributed by atoms with Crippen LogP contribution < -0.4 is 5.32 Å². The van der Waals surface area contributed by atoms with Gasteiger partial charge in [0.15, 0.2) is 0 Å². The van der Waals surface area contributed by atoms with Gasteiger partial charge >= 0.3 is 0 Å². The van der Waals surface area contributed by atoms with E-state index >= 15 is 0 Å². The molecule has 0 radical (unpaired) electrons. The van der Waals surface area contributed by atoms with Gasteiger partial charge in [0.05, 0.1) is 0 Å². The topological polar surface area (TPSA) is 122 Å². The Hall–Kier alpha value is -3.92. The Morgan fingerprint density at radius 2 is 1.97 bits per heavy atom. The molecule has 2 unspecified atom stereocenters. The molecule has 3 aromatic rings. The van der Waals surface area contributed by atoms with E-state index in [2.05, 4.69) is 57.4 Å². The van der Waals surface area contributed by atoms with Gasteiger partial charge in [-0.05, 0) is 59.5 Å². The largest absolute Gasteiger partial charge is 0.342 e. The van der Waals surface area contributed by atoms with Gasteiger partial charge in [-0.3, -0.25) is 29.6 Å². The van der Waals surface area contributed by atoms with Crippen molar-refractivity contribution in [3.05, 3.63) is 65.2 Å². The highest BCUT2D eigenvalue weighted by molar-refractivity contribution is 6.05. The minimum atomic E-state index is -0.591. The monoisotopic (exact) mass is 514 g/mol. The maximum absolute atomic E-state index is 13.1. The van der Waals surface area contributed by atoms with Crippen molar-refractivity contribution < 1.29 is 18.9 Å². The summed E-state index contributed by atoms with van der Waals surface area (Å²) in [5, 5.41) is 6.21. The number of rotatable bonds is 5. The van der Waals surface area contributed by atoms with Crippen LogP contribution in [0.3, 0.4) is 0 Å². The fourth-order valence-electron chi connectivity index (χ4n) is 6.22. The molecule has 3 amide bonds. The zero-order valence-electron chi connectivity index (χ0n) is 21.5. The first-order chi connectivity index (χ1) is 18.3. The quantitative estimate of drug-likeness (QED) is 0.516. The van der Waals surface area contributed by atoms with Gasteiger partial charge in [-0.2, -0.15) is 4.98 Å². The summed E-state index contributed by atoms with van der Waals surface area (Å²) in [6.07, 6.45) is 4.80. The number of carbonyl (C=O) groups excluding carboxylic acids is 3. The van der Waals surface area contributed by atoms with E-state index in [-0.39, 0.29) is 29.6 Å². The molecule has 2 atom stereocenters. The number of carbonyl (C=O) groups is 3. The molecular formula is C28H30N6O4. The highest BCUT2D eigenvalue weighted by Gasteiger charge is 2.41. The first-order valence-corrected chi connectivity index (χ1v) is 13.0. The molecule has 3 aliphatic heterocycles. The number of amides is 3. The number of imide groups is 1. The van der Waals surface area contributed by atoms with Gasteiger partial charge in [-0.15, -0.1) is 0 Å². The zero-order valence-corrected chi connectivity index (χ0v) is 21.5. The molecule has 10 heteroatoms. The van der Waals surface area contributed by atoms with Gasteiger partial charge in [0, 0.05) is 37.8 Å². The summed E-state index contributed by atoms with van der Waals surface area (Å²) in [6.45, 7) is 7.71. The van der Waals surface area contributed by atoms with Crippen LogP contribution in [-0.4, -0.2) is 61.8 Å². The number of nitrogens with zero attached hydrogens (tertiary/aromatic N) is 5. The molecule has 0 aliphatic carbocycles. The SMILES string of the molecule is CC1(C)CN(Cc2ccc(-c3ncon3)nc2)CCC1c1ccc2c(c1)CN(C1CCC(=O)NC1=O)C2=O. The first kappa shape index (κ1) is 24.4. The van der Waals surface area contributed by atoms with Gasteiger partial charge in [-0.1, -0.05) is 37.2 Å². The van der Waals surface area contributed by atoms with Crippen molar-refractivity contribution in [1.82, 2.24) is 30.2 Å². The standard InChI is InChI=1S/C28H30N6O4/c1-28(2)15-33(13-17-3-6-22(29-12-17)25-30-16-38-32-25)10-9-21(28)18-4-5-20-19(11-18)14-34(27(20)37)23-7-8-24(35)31-26(23)36/h3-6,11-12,16,21,23H,7-10,13-15H2,1-2H3,(H,31,35,36). The number of pyridine rings is 1. The molecule has 2 fully saturated rings. The van der Waals surface area contributed by atoms with E-state index in [1.54, 1.807) is 4.90 Å². The van der Waals surface area contributed by atoms with Gasteiger partial charge in [0.25, 0.3) is 5.91 Å². The summed E-state index contributed by atoms with van der Waals surface area (Å²) in [5.41, 5.74) is 4.70. The summed E-state index contributed by atoms with van der Waals surface area (Å²) >= 11 is 0. The molecule has 2 aromatic heterocycles. The number of piperidine rings is 2. The number of benzene rings is 1. The second kappa shape index (κ2) is 9.43. The van der Waals surface area contributed by atoms with Crippen molar-refractivity contribution in [2.24, 2.45) is 5.41 Å². The summed E-state index contributed by atoms with van der Waals surface area (Å²) < 4.78 is 4.81. The van der Waals surface area contributed by atoms with Crippen LogP contribution >= 0.6 is 0 Å². The minimum Gasteiger partial charge on any atom is -0.342 e. The van der Waals surface area contributed by atoms with Crippen LogP contribution in [0.1, 0.15) is 66.1 Å². The van der Waals surface area contributed by atoms with Gasteiger partial charge in [0.1, 0.15) is 11.7 Å². The van der Waals surface area contributed by atoms with E-state index in [0.717, 1.165) is 37.2 Å². The summed E-state index contributed by atoms with van der Waals surface area (Å²) in [5.74, 6) is 0.0468. The highest BCUT2D eigenvalue weighted by atomic mass is 16.5. The lowest BCUT2D eigenvalue weighted by atomic mass is 9.70. The predicted molar refractivity (Wildman–Crippen MR) is 136 cm³/mol. The smallest absolute Gasteiger partial charge is 0.255 e. The number of likely N-dealkylation sites (tertiary alicyclic amines) is 1. The van der Waals surface area contributed by atoms with Crippen LogP contribution in [0, 0.1) is 5.41 Å². The number of aromatic nitrogens is 3. The Morgan fingerprint density at radius 1 is 1.11 bits per heavy atom. The molecule has 1 aromatic carbocycles. The number of hydrogen-bond acceptors (Lipinski definition) is 8. The van der Waals surface area contributed by atoms with Crippen LogP contribution in [-0.2, 0) is 22.7 Å². The molecule has 10 nitrogen and oxygen atoms in total. The second-order valence-electron chi connectivity index (χ2n) is 11.2. The molecule has 5 heterocycles. The molecule has 1 N–H and O–H groups in total. The lowest BCUT2D eigenvalue weighted by molar-refractivity contribution is -0.136. The Bertz CT molecular complexity index is 1380. The third-order valence-electron chi connectivity index (χ3n) is 8.08. The van der Waals surface area contributed by atoms with Crippen molar-refractivity contribution in [2.45, 2.75) is 58.2 Å². The minimum absolute atomic E-state index is 0.0242. The maximum Gasteiger partial charge on any atom is 0.255 e. The fraction of sp³-hybridized carbons (Fsp3) is 0.429. The zero-order chi connectivity index (χ0) is 26.4. The molecule has 0 bridgehead atoms. The van der Waals surface area contributed by atoms with Crippen LogP contribution in [0.4, 0.5) is 0 Å². The highest BCUT2D eigenvalue weighted by Crippen LogP contribution is 2.43. The summed E-state index contributed by atoms with van der Waals surface area (Å²) in [7, 11) is 0. The Labute approximate surface area is 220 Å². The average molecular weight is 515 g/mol. The lowest BCUT2D eigenvalue weighted by Crippen LogP contribution is -2.52. The van der Waals surface area contributed by atoms with Crippen molar-refractivity contribution in [3.63, 3.8) is 0 Å². The van der Waals surface area contributed by atoms with Crippen LogP contribution in [0.25, 0.3) is 11.5 Å². The maximum atomic E-state index is 13.1. The van der Waals surface area contributed by atoms with E-state index < -0.39 is 6.04 Å². The molecular weight excluding hydrogens is 484 g/mol. The van der Waals surface area contributed by atoms with Crippen LogP contribution in [0.15, 0.2) is 47.4 Å². The van der Waals surface area contributed by atoms with E-state index in [9.17, 15) is 14.4 Å². The fourth-order valence-corrected chi connectivity index (χ4v) is 6.22. The first-order valence-electron chi connectivity index (χ1n) is 13.0. The lowest BCUT2D eigenvalue weighted by Gasteiger charge is -2.45. The Balaban J connectivity index is 1.13. The van der Waals surface area contributed by atoms with Crippen LogP contribution in [0.2, 0.25) is 0 Å². The van der Waals surface area contributed by atoms with Crippen molar-refractivity contribution >= 4 is 17.7 Å². The predicted octanol–water partition coefficient (Wildman–Crippen LogP) is 2.91. The number of nitrogens with one attached hydrogen (secondary N) is 1. The van der Waals surface area contributed by atoms with E-state index in [1.165, 1.54) is 12.0 Å². The molecule has 0 saturated carbocycles. The van der Waals surface area contributed by atoms with Crippen LogP contribution in [0.5, 0.6) is 0 Å². The molecule has 3 aliphatic rings. The number of hydrogen-bond donors (Lipinski definition) is 1. The second-order valence-corrected chi connectivity index (χ2v) is 11.2. The third-order valence-corrected chi connectivity index (χ3v) is 8.08. The number of fused-ring (bicyclic) bond motifs is 1. The van der Waals surface area contributed by atoms with Crippen molar-refractivity contribution in [3.8, 4) is 11.5 Å². The van der Waals surface area contributed by atoms with Gasteiger partial charge in [0.2, 0.25) is 24.0 Å². The van der Waals surface area contributed by atoms with E-state index in [0.29, 0.717) is 36.0 Å². The summed E-state index contributed by atoms with van der Waals surface area (Å²) in [4.78, 5) is 49.6. The van der Waals surface area contributed by atoms with E-state index in [4.69, 9.17) is 4.52 Å². The normalized spacial score (nSPS) is 23.4. The Kier molecular flexibility index (Phi) is 6.06. The molecule has 0 spiro atoms. The third kappa shape index (κ3) is 4.49. The molecule has 38 heavy (non-hydrogen) atoms. The van der Waals surface area contributed by atoms with Crippen molar-refractivity contribution in [2.75, 3.05) is 13.1 Å². The van der Waals surface area contributed by atoms with Gasteiger partial charge in [-0.25, -0.2) is 0 Å². The van der Waals surface area contributed by atoms with E-state index in [1.807, 2.05) is 18.3 Å². The van der Waals surface area contributed by atoms with Gasteiger partial charge < -0.3 is 9.42 Å².